The number of fused-ring (bicyclic) bond motifs is 2. The Kier molecular flexibility index (Phi) is 10.6. The van der Waals surface area contributed by atoms with Crippen molar-refractivity contribution in [3.05, 3.63) is 92.8 Å². The molecular formula is C36H45N2O6S+. The number of anilines is 1. The Morgan fingerprint density at radius 2 is 1.67 bits per heavy atom. The predicted molar refractivity (Wildman–Crippen MR) is 185 cm³/mol. The average molecular weight is 634 g/mol. The summed E-state index contributed by atoms with van der Waals surface area (Å²) in [6, 6.07) is 14.0. The van der Waals surface area contributed by atoms with E-state index in [0.29, 0.717) is 36.4 Å². The fourth-order valence-corrected chi connectivity index (χ4v) is 5.95. The second kappa shape index (κ2) is 14.0. The fourth-order valence-electron chi connectivity index (χ4n) is 5.46. The fraction of sp³-hybridized carbons (Fsp3) is 0.389. The normalized spacial score (nSPS) is 13.4. The molecule has 4 rings (SSSR count). The lowest BCUT2D eigenvalue weighted by atomic mass is 9.90. The molecule has 0 saturated carbocycles. The van der Waals surface area contributed by atoms with Crippen molar-refractivity contribution in [1.82, 2.24) is 4.58 Å². The molecular weight excluding hydrogens is 588 g/mol. The summed E-state index contributed by atoms with van der Waals surface area (Å²) < 4.78 is 45.7. The van der Waals surface area contributed by atoms with Gasteiger partial charge in [-0.1, -0.05) is 39.0 Å². The Balaban J connectivity index is 1.70. The van der Waals surface area contributed by atoms with Gasteiger partial charge >= 0.3 is 5.63 Å². The van der Waals surface area contributed by atoms with Crippen molar-refractivity contribution in [2.24, 2.45) is 0 Å². The molecule has 1 aromatic carbocycles. The van der Waals surface area contributed by atoms with Gasteiger partial charge in [0.15, 0.2) is 0 Å². The Morgan fingerprint density at radius 1 is 0.956 bits per heavy atom. The number of aryl methyl sites for hydroxylation is 1. The van der Waals surface area contributed by atoms with Gasteiger partial charge in [-0.15, -0.1) is 0 Å². The Hall–Kier alpha value is -3.95. The van der Waals surface area contributed by atoms with E-state index >= 15 is 0 Å². The van der Waals surface area contributed by atoms with Gasteiger partial charge in [0.1, 0.15) is 30.2 Å². The summed E-state index contributed by atoms with van der Waals surface area (Å²) in [4.78, 5) is 15.2. The smallest absolute Gasteiger partial charge is 0.343 e. The third kappa shape index (κ3) is 8.21. The van der Waals surface area contributed by atoms with Crippen molar-refractivity contribution in [3.8, 4) is 11.3 Å². The van der Waals surface area contributed by atoms with Gasteiger partial charge in [-0.3, -0.25) is 4.55 Å². The highest BCUT2D eigenvalue weighted by Gasteiger charge is 2.22. The number of hydrogen-bond donors (Lipinski definition) is 1. The molecule has 1 N–H and O–H groups in total. The maximum absolute atomic E-state index is 13.0. The molecule has 2 heterocycles. The molecule has 2 aliphatic rings. The van der Waals surface area contributed by atoms with Crippen LogP contribution in [-0.2, 0) is 15.5 Å². The van der Waals surface area contributed by atoms with Gasteiger partial charge in [0.2, 0.25) is 5.36 Å². The third-order valence-electron chi connectivity index (χ3n) is 8.07. The molecule has 0 saturated heterocycles. The van der Waals surface area contributed by atoms with Gasteiger partial charge in [0.25, 0.3) is 10.1 Å². The van der Waals surface area contributed by atoms with Crippen LogP contribution < -0.4 is 20.5 Å². The van der Waals surface area contributed by atoms with Crippen molar-refractivity contribution in [2.45, 2.75) is 60.3 Å². The van der Waals surface area contributed by atoms with Crippen LogP contribution >= 0.6 is 0 Å². The predicted octanol–water partition coefficient (Wildman–Crippen LogP) is 6.74. The van der Waals surface area contributed by atoms with Crippen molar-refractivity contribution >= 4 is 38.9 Å². The van der Waals surface area contributed by atoms with Gasteiger partial charge < -0.3 is 13.7 Å². The zero-order valence-corrected chi connectivity index (χ0v) is 28.2. The first-order valence-electron chi connectivity index (χ1n) is 15.5. The quantitative estimate of drug-likeness (QED) is 0.0845. The van der Waals surface area contributed by atoms with E-state index in [1.165, 1.54) is 0 Å². The second-order valence-electron chi connectivity index (χ2n) is 12.2. The largest absolute Gasteiger partial charge is 0.460 e. The van der Waals surface area contributed by atoms with Crippen molar-refractivity contribution in [1.29, 1.82) is 0 Å². The highest BCUT2D eigenvalue weighted by molar-refractivity contribution is 7.85. The van der Waals surface area contributed by atoms with Crippen LogP contribution in [0.4, 0.5) is 5.69 Å². The molecule has 0 unspecified atom stereocenters. The van der Waals surface area contributed by atoms with Gasteiger partial charge in [-0.05, 0) is 69.2 Å². The highest BCUT2D eigenvalue weighted by atomic mass is 32.2. The van der Waals surface area contributed by atoms with Crippen LogP contribution in [0.2, 0.25) is 0 Å². The number of benzene rings is 2. The lowest BCUT2D eigenvalue weighted by molar-refractivity contribution is 0.404. The van der Waals surface area contributed by atoms with E-state index in [4.69, 9.17) is 13.4 Å². The molecule has 0 bridgehead atoms. The SMILES string of the molecule is CCN(CC)c1ccc2c(C)c(/C=C/C=C/c3cc(C(C)(C)C)oc4cc(=[N+](CC)CCCS(=O)(=O)O)ccc3-4)c(=O)oc2c1. The number of hydrogen-bond acceptors (Lipinski definition) is 6. The summed E-state index contributed by atoms with van der Waals surface area (Å²) in [5.41, 5.74) is 4.30. The van der Waals surface area contributed by atoms with E-state index in [0.717, 1.165) is 52.0 Å². The molecule has 1 aliphatic carbocycles. The van der Waals surface area contributed by atoms with E-state index in [1.54, 1.807) is 6.08 Å². The molecule has 0 amide bonds. The third-order valence-corrected chi connectivity index (χ3v) is 8.88. The minimum atomic E-state index is -4.01. The number of allylic oxidation sites excluding steroid dienone is 2. The molecule has 0 fully saturated rings. The molecule has 9 heteroatoms. The van der Waals surface area contributed by atoms with E-state index in [1.807, 2.05) is 68.5 Å². The topological polar surface area (TPSA) is 104 Å². The molecule has 240 valence electrons. The molecule has 0 atom stereocenters. The maximum atomic E-state index is 13.0. The summed E-state index contributed by atoms with van der Waals surface area (Å²) in [6.45, 7) is 17.3. The van der Waals surface area contributed by atoms with Gasteiger partial charge in [-0.25, -0.2) is 9.37 Å². The van der Waals surface area contributed by atoms with Gasteiger partial charge in [0, 0.05) is 53.7 Å². The van der Waals surface area contributed by atoms with Crippen molar-refractivity contribution in [3.63, 3.8) is 0 Å². The Labute approximate surface area is 266 Å². The van der Waals surface area contributed by atoms with E-state index in [2.05, 4.69) is 50.2 Å². The average Bonchev–Trinajstić information content (AvgIpc) is 2.98. The minimum absolute atomic E-state index is 0.241. The van der Waals surface area contributed by atoms with Gasteiger partial charge in [0.05, 0.1) is 17.4 Å². The molecule has 2 aromatic rings. The van der Waals surface area contributed by atoms with Crippen LogP contribution in [0.5, 0.6) is 0 Å². The van der Waals surface area contributed by atoms with E-state index < -0.39 is 10.1 Å². The summed E-state index contributed by atoms with van der Waals surface area (Å²) >= 11 is 0. The van der Waals surface area contributed by atoms with E-state index in [9.17, 15) is 13.2 Å². The first kappa shape index (κ1) is 33.9. The van der Waals surface area contributed by atoms with Crippen LogP contribution in [0.1, 0.15) is 70.4 Å². The molecule has 8 nitrogen and oxygen atoms in total. The van der Waals surface area contributed by atoms with Crippen LogP contribution in [0, 0.1) is 6.92 Å². The number of nitrogens with zero attached hydrogens (tertiary/aromatic N) is 2. The summed E-state index contributed by atoms with van der Waals surface area (Å²) in [5.74, 6) is 1.25. The number of rotatable bonds is 11. The first-order valence-corrected chi connectivity index (χ1v) is 17.1. The zero-order chi connectivity index (χ0) is 32.9. The standard InChI is InChI=1S/C36H44N2O6S/c1-8-37(9-2)27-16-18-29-25(4)30(35(39)44-32(29)23-27)15-12-11-14-26-22-34(36(5,6)7)43-33-24-28(17-19-31(26)33)38(10-3)20-13-21-45(40,41)42/h11-12,14-19,22-24H,8-10,13,20-21H2,1-7H3/p+1. The van der Waals surface area contributed by atoms with Crippen LogP contribution in [-0.4, -0.2) is 44.9 Å². The molecule has 0 radical (unpaired) electrons. The first-order chi connectivity index (χ1) is 21.2. The minimum Gasteiger partial charge on any atom is -0.460 e. The Bertz CT molecular complexity index is 1940. The van der Waals surface area contributed by atoms with Crippen LogP contribution in [0.3, 0.4) is 0 Å². The van der Waals surface area contributed by atoms with E-state index in [-0.39, 0.29) is 16.8 Å². The van der Waals surface area contributed by atoms with Crippen LogP contribution in [0.15, 0.2) is 68.2 Å². The summed E-state index contributed by atoms with van der Waals surface area (Å²) in [5, 5.41) is 1.82. The zero-order valence-electron chi connectivity index (χ0n) is 27.4. The monoisotopic (exact) mass is 633 g/mol. The highest BCUT2D eigenvalue weighted by Crippen LogP contribution is 2.33. The molecule has 1 aromatic heterocycles. The molecule has 1 aliphatic heterocycles. The van der Waals surface area contributed by atoms with Crippen LogP contribution in [0.25, 0.3) is 34.4 Å². The lowest BCUT2D eigenvalue weighted by Crippen LogP contribution is -2.31. The van der Waals surface area contributed by atoms with Crippen molar-refractivity contribution in [2.75, 3.05) is 36.8 Å². The lowest BCUT2D eigenvalue weighted by Gasteiger charge is -2.21. The summed E-state index contributed by atoms with van der Waals surface area (Å²) in [7, 11) is -4.01. The maximum Gasteiger partial charge on any atom is 0.343 e. The second-order valence-corrected chi connectivity index (χ2v) is 13.8. The molecule has 45 heavy (non-hydrogen) atoms. The Morgan fingerprint density at radius 3 is 2.31 bits per heavy atom. The van der Waals surface area contributed by atoms with Gasteiger partial charge in [-0.2, -0.15) is 8.42 Å². The van der Waals surface area contributed by atoms with Crippen molar-refractivity contribution < 1.29 is 21.8 Å². The summed E-state index contributed by atoms with van der Waals surface area (Å²) in [6.07, 6.45) is 7.87. The molecule has 0 spiro atoms.